The minimum Gasteiger partial charge on any atom is -0.309 e. The molecule has 0 fully saturated rings. The van der Waals surface area contributed by atoms with Crippen LogP contribution in [0.3, 0.4) is 0 Å². The fraction of sp³-hybridized carbons (Fsp3) is 1.00. The van der Waals surface area contributed by atoms with E-state index in [2.05, 4.69) is 5.18 Å². The first-order chi connectivity index (χ1) is 6.08. The van der Waals surface area contributed by atoms with Gasteiger partial charge in [0.05, 0.1) is 19.4 Å². The third-order valence-corrected chi connectivity index (χ3v) is 3.69. The van der Waals surface area contributed by atoms with E-state index in [0.717, 1.165) is 0 Å². The molecule has 0 N–H and O–H groups in total. The zero-order chi connectivity index (χ0) is 10.3. The summed E-state index contributed by atoms with van der Waals surface area (Å²) in [7, 11) is -3.22. The lowest BCUT2D eigenvalue weighted by molar-refractivity contribution is 0.220. The molecule has 0 saturated carbocycles. The number of hydrogen-bond donors (Lipinski definition) is 0. The summed E-state index contributed by atoms with van der Waals surface area (Å²) in [6.45, 7) is 3.87. The number of alkyl halides is 1. The lowest BCUT2D eigenvalue weighted by Gasteiger charge is -2.16. The van der Waals surface area contributed by atoms with Crippen molar-refractivity contribution in [1.82, 2.24) is 0 Å². The molecule has 5 nitrogen and oxygen atoms in total. The molecule has 0 radical (unpaired) electrons. The first-order valence-electron chi connectivity index (χ1n) is 3.92. The Labute approximate surface area is 82.3 Å². The molecule has 0 saturated heterocycles. The third kappa shape index (κ3) is 5.37. The molecule has 0 rings (SSSR count). The highest BCUT2D eigenvalue weighted by Crippen LogP contribution is 2.49. The van der Waals surface area contributed by atoms with Gasteiger partial charge in [-0.25, -0.2) is 0 Å². The molecular weight excluding hydrogens is 216 g/mol. The van der Waals surface area contributed by atoms with Crippen LogP contribution < -0.4 is 0 Å². The molecule has 1 unspecified atom stereocenters. The van der Waals surface area contributed by atoms with Crippen molar-refractivity contribution in [2.45, 2.75) is 19.3 Å². The van der Waals surface area contributed by atoms with Crippen LogP contribution in [0.15, 0.2) is 5.18 Å². The molecular formula is C6H13ClNO4P. The topological polar surface area (TPSA) is 65.0 Å². The van der Waals surface area contributed by atoms with E-state index < -0.39 is 13.1 Å². The minimum atomic E-state index is -3.22. The Kier molecular flexibility index (Phi) is 6.51. The lowest BCUT2D eigenvalue weighted by atomic mass is 10.8. The predicted octanol–water partition coefficient (Wildman–Crippen LogP) is 2.58. The van der Waals surface area contributed by atoms with Gasteiger partial charge in [0.1, 0.15) is 0 Å². The highest BCUT2D eigenvalue weighted by atomic mass is 35.5. The summed E-state index contributed by atoms with van der Waals surface area (Å²) < 4.78 is 21.4. The molecule has 78 valence electrons. The highest BCUT2D eigenvalue weighted by Gasteiger charge is 2.27. The second-order valence-corrected chi connectivity index (χ2v) is 4.78. The SMILES string of the molecule is CCOP(=O)(CC(Cl)N=O)OCC. The normalized spacial score (nSPS) is 14.1. The third-order valence-electron chi connectivity index (χ3n) is 1.14. The second kappa shape index (κ2) is 6.49. The van der Waals surface area contributed by atoms with Crippen molar-refractivity contribution in [2.24, 2.45) is 5.18 Å². The molecule has 0 bridgehead atoms. The Balaban J connectivity index is 4.22. The summed E-state index contributed by atoms with van der Waals surface area (Å²) in [5.41, 5.74) is -1.07. The van der Waals surface area contributed by atoms with Crippen molar-refractivity contribution < 1.29 is 13.6 Å². The summed E-state index contributed by atoms with van der Waals surface area (Å²) in [5.74, 6) is 0. The molecule has 0 aliphatic carbocycles. The maximum Gasteiger partial charge on any atom is 0.334 e. The first-order valence-corrected chi connectivity index (χ1v) is 6.09. The van der Waals surface area contributed by atoms with Crippen molar-refractivity contribution in [1.29, 1.82) is 0 Å². The van der Waals surface area contributed by atoms with E-state index in [9.17, 15) is 9.47 Å². The first kappa shape index (κ1) is 13.0. The van der Waals surface area contributed by atoms with Gasteiger partial charge in [0.25, 0.3) is 0 Å². The van der Waals surface area contributed by atoms with Gasteiger partial charge in [-0.05, 0) is 19.0 Å². The van der Waals surface area contributed by atoms with Crippen LogP contribution >= 0.6 is 19.2 Å². The van der Waals surface area contributed by atoms with Crippen LogP contribution in [0.4, 0.5) is 0 Å². The molecule has 13 heavy (non-hydrogen) atoms. The van der Waals surface area contributed by atoms with E-state index in [4.69, 9.17) is 20.6 Å². The van der Waals surface area contributed by atoms with Crippen molar-refractivity contribution in [3.05, 3.63) is 4.91 Å². The van der Waals surface area contributed by atoms with Crippen molar-refractivity contribution in [2.75, 3.05) is 19.4 Å². The summed E-state index contributed by atoms with van der Waals surface area (Å²) in [5, 5.41) is 2.52. The van der Waals surface area contributed by atoms with Gasteiger partial charge in [-0.1, -0.05) is 11.6 Å². The molecule has 1 atom stereocenters. The van der Waals surface area contributed by atoms with Gasteiger partial charge in [-0.15, -0.1) is 4.91 Å². The second-order valence-electron chi connectivity index (χ2n) is 2.17. The van der Waals surface area contributed by atoms with Gasteiger partial charge in [-0.3, -0.25) is 4.57 Å². The fourth-order valence-electron chi connectivity index (χ4n) is 0.754. The average molecular weight is 230 g/mol. The van der Waals surface area contributed by atoms with Gasteiger partial charge >= 0.3 is 7.60 Å². The van der Waals surface area contributed by atoms with Crippen LogP contribution in [-0.2, 0) is 13.6 Å². The van der Waals surface area contributed by atoms with Gasteiger partial charge in [0.15, 0.2) is 5.50 Å². The predicted molar refractivity (Wildman–Crippen MR) is 51.2 cm³/mol. The van der Waals surface area contributed by atoms with Crippen LogP contribution in [0.2, 0.25) is 0 Å². The average Bonchev–Trinajstić information content (AvgIpc) is 2.04. The molecule has 0 aromatic heterocycles. The molecule has 0 heterocycles. The van der Waals surface area contributed by atoms with Crippen LogP contribution in [0.5, 0.6) is 0 Å². The number of halogens is 1. The fourth-order valence-corrected chi connectivity index (χ4v) is 2.77. The molecule has 0 aromatic carbocycles. The quantitative estimate of drug-likeness (QED) is 0.291. The monoisotopic (exact) mass is 229 g/mol. The van der Waals surface area contributed by atoms with Crippen LogP contribution in [0.1, 0.15) is 13.8 Å². The molecule has 7 heteroatoms. The molecule has 0 amide bonds. The Morgan fingerprint density at radius 2 is 1.85 bits per heavy atom. The summed E-state index contributed by atoms with van der Waals surface area (Å²) in [6, 6.07) is 0. The van der Waals surface area contributed by atoms with Gasteiger partial charge < -0.3 is 9.05 Å². The largest absolute Gasteiger partial charge is 0.334 e. The standard InChI is InChI=1S/C6H13ClNO4P/c1-3-11-13(10,12-4-2)5-6(7)8-9/h6H,3-5H2,1-2H3. The van der Waals surface area contributed by atoms with Crippen LogP contribution in [0.25, 0.3) is 0 Å². The number of rotatable bonds is 7. The lowest BCUT2D eigenvalue weighted by Crippen LogP contribution is -2.07. The number of nitroso groups, excluding NO2 is 1. The molecule has 0 aromatic rings. The summed E-state index contributed by atoms with van der Waals surface area (Å²) >= 11 is 5.41. The molecule has 0 aliphatic rings. The Morgan fingerprint density at radius 3 is 2.15 bits per heavy atom. The van der Waals surface area contributed by atoms with E-state index in [1.165, 1.54) is 0 Å². The summed E-state index contributed by atoms with van der Waals surface area (Å²) in [4.78, 5) is 9.98. The number of nitrogens with zero attached hydrogens (tertiary/aromatic N) is 1. The van der Waals surface area contributed by atoms with Crippen molar-refractivity contribution >= 4 is 19.2 Å². The van der Waals surface area contributed by atoms with Crippen molar-refractivity contribution in [3.63, 3.8) is 0 Å². The number of hydrogen-bond acceptors (Lipinski definition) is 5. The Bertz CT molecular complexity index is 191. The van der Waals surface area contributed by atoms with Crippen LogP contribution in [0, 0.1) is 4.91 Å². The Hall–Kier alpha value is 0.0400. The minimum absolute atomic E-state index is 0.181. The van der Waals surface area contributed by atoms with Gasteiger partial charge in [0, 0.05) is 0 Å². The Morgan fingerprint density at radius 1 is 1.38 bits per heavy atom. The molecule has 0 spiro atoms. The summed E-state index contributed by atoms with van der Waals surface area (Å²) in [6.07, 6.45) is -0.181. The van der Waals surface area contributed by atoms with Crippen LogP contribution in [-0.4, -0.2) is 24.9 Å². The molecule has 0 aliphatic heterocycles. The van der Waals surface area contributed by atoms with Gasteiger partial charge in [-0.2, -0.15) is 0 Å². The highest BCUT2D eigenvalue weighted by molar-refractivity contribution is 7.54. The van der Waals surface area contributed by atoms with E-state index >= 15 is 0 Å². The zero-order valence-corrected chi connectivity index (χ0v) is 9.25. The van der Waals surface area contributed by atoms with Gasteiger partial charge in [0.2, 0.25) is 0 Å². The van der Waals surface area contributed by atoms with Crippen molar-refractivity contribution in [3.8, 4) is 0 Å². The van der Waals surface area contributed by atoms with E-state index in [1.807, 2.05) is 0 Å². The smallest absolute Gasteiger partial charge is 0.309 e. The maximum absolute atomic E-state index is 11.7. The maximum atomic E-state index is 11.7. The van der Waals surface area contributed by atoms with E-state index in [1.54, 1.807) is 13.8 Å². The van der Waals surface area contributed by atoms with E-state index in [0.29, 0.717) is 0 Å². The van der Waals surface area contributed by atoms with E-state index in [-0.39, 0.29) is 19.4 Å². The zero-order valence-electron chi connectivity index (χ0n) is 7.60.